The molecule has 2 aromatic rings. The first-order valence-corrected chi connectivity index (χ1v) is 11.3. The lowest BCUT2D eigenvalue weighted by Gasteiger charge is -2.28. The number of ether oxygens (including phenoxy) is 1. The number of hydrogen-bond acceptors (Lipinski definition) is 5. The maximum Gasteiger partial charge on any atom is 0.416 e. The second-order valence-corrected chi connectivity index (χ2v) is 8.84. The highest BCUT2D eigenvalue weighted by Gasteiger charge is 2.50. The Bertz CT molecular complexity index is 1340. The minimum absolute atomic E-state index is 0.0113. The third kappa shape index (κ3) is 5.03. The largest absolute Gasteiger partial charge is 0.458 e. The van der Waals surface area contributed by atoms with Gasteiger partial charge in [0.1, 0.15) is 11.5 Å². The third-order valence-electron chi connectivity index (χ3n) is 6.56. The zero-order chi connectivity index (χ0) is 28.6. The van der Waals surface area contributed by atoms with Gasteiger partial charge in [0.2, 0.25) is 0 Å². The van der Waals surface area contributed by atoms with E-state index in [-0.39, 0.29) is 11.5 Å². The Morgan fingerprint density at radius 1 is 0.667 bits per heavy atom. The van der Waals surface area contributed by atoms with Crippen molar-refractivity contribution < 1.29 is 40.9 Å². The van der Waals surface area contributed by atoms with Gasteiger partial charge in [0.25, 0.3) is 11.1 Å². The van der Waals surface area contributed by atoms with E-state index in [1.54, 1.807) is 0 Å². The van der Waals surface area contributed by atoms with Crippen LogP contribution >= 0.6 is 0 Å². The van der Waals surface area contributed by atoms with Crippen molar-refractivity contribution in [2.75, 3.05) is 0 Å². The first-order chi connectivity index (χ1) is 18.2. The predicted octanol–water partition coefficient (Wildman–Crippen LogP) is 7.07. The van der Waals surface area contributed by atoms with Crippen molar-refractivity contribution in [2.24, 2.45) is 0 Å². The van der Waals surface area contributed by atoms with E-state index in [9.17, 15) is 46.6 Å². The molecule has 0 radical (unpaired) electrons. The van der Waals surface area contributed by atoms with Gasteiger partial charge in [0.05, 0.1) is 11.1 Å². The molecule has 2 aliphatic carbocycles. The summed E-state index contributed by atoms with van der Waals surface area (Å²) in [5.41, 5.74) is -7.86. The van der Waals surface area contributed by atoms with Crippen LogP contribution in [0.5, 0.6) is 0 Å². The zero-order valence-corrected chi connectivity index (χ0v) is 19.7. The summed E-state index contributed by atoms with van der Waals surface area (Å²) in [6.07, 6.45) is -4.06. The molecule has 0 saturated heterocycles. The van der Waals surface area contributed by atoms with Crippen molar-refractivity contribution in [3.63, 3.8) is 0 Å². The van der Waals surface area contributed by atoms with E-state index < -0.39 is 68.4 Å². The monoisotopic (exact) mass is 552 g/mol. The predicted molar refractivity (Wildman–Crippen MR) is 125 cm³/mol. The highest BCUT2D eigenvalue weighted by molar-refractivity contribution is 5.43. The van der Waals surface area contributed by atoms with E-state index in [1.807, 2.05) is 0 Å². The van der Waals surface area contributed by atoms with Crippen molar-refractivity contribution in [1.82, 2.24) is 0 Å². The molecular formula is C26H18F6N2O5. The molecule has 0 fully saturated rings. The Kier molecular flexibility index (Phi) is 6.88. The Morgan fingerprint density at radius 3 is 1.31 bits per heavy atom. The molecule has 2 unspecified atom stereocenters. The topological polar surface area (TPSA) is 95.5 Å². The maximum absolute atomic E-state index is 13.5. The molecule has 2 aromatic carbocycles. The molecule has 0 aliphatic heterocycles. The lowest BCUT2D eigenvalue weighted by molar-refractivity contribution is -0.563. The van der Waals surface area contributed by atoms with Crippen LogP contribution in [-0.2, 0) is 28.2 Å². The standard InChI is InChI=1S/C26H18F6N2O5/c27-25(28,29)21-7-3-1-5-19(21)23(33(35)36)13-9-17(10-14-23)39-18-11-15-24(16-12-18,34(37)38)20-6-2-4-8-22(20)26(30,31)32/h1-13,15H,14,16H2. The van der Waals surface area contributed by atoms with Crippen LogP contribution in [0.4, 0.5) is 26.3 Å². The molecule has 0 saturated carbocycles. The van der Waals surface area contributed by atoms with Crippen LogP contribution in [0.25, 0.3) is 0 Å². The molecule has 0 heterocycles. The van der Waals surface area contributed by atoms with Crippen molar-refractivity contribution in [3.05, 3.63) is 139 Å². The van der Waals surface area contributed by atoms with E-state index in [4.69, 9.17) is 4.74 Å². The maximum atomic E-state index is 13.5. The van der Waals surface area contributed by atoms with E-state index >= 15 is 0 Å². The van der Waals surface area contributed by atoms with Gasteiger partial charge in [0.15, 0.2) is 0 Å². The highest BCUT2D eigenvalue weighted by Crippen LogP contribution is 2.44. The number of alkyl halides is 6. The van der Waals surface area contributed by atoms with Gasteiger partial charge < -0.3 is 4.74 Å². The third-order valence-corrected chi connectivity index (χ3v) is 6.56. The number of allylic oxidation sites excluding steroid dienone is 2. The summed E-state index contributed by atoms with van der Waals surface area (Å²) >= 11 is 0. The van der Waals surface area contributed by atoms with Gasteiger partial charge in [-0.3, -0.25) is 20.2 Å². The summed E-state index contributed by atoms with van der Waals surface area (Å²) in [4.78, 5) is 22.3. The van der Waals surface area contributed by atoms with Crippen LogP contribution in [0.1, 0.15) is 35.1 Å². The Morgan fingerprint density at radius 2 is 1.03 bits per heavy atom. The molecule has 39 heavy (non-hydrogen) atoms. The fourth-order valence-corrected chi connectivity index (χ4v) is 4.59. The van der Waals surface area contributed by atoms with Crippen LogP contribution in [-0.4, -0.2) is 9.85 Å². The molecule has 13 heteroatoms. The Balaban J connectivity index is 1.59. The molecule has 0 aromatic heterocycles. The molecule has 204 valence electrons. The fraction of sp³-hybridized carbons (Fsp3) is 0.231. The Labute approximate surface area is 216 Å². The van der Waals surface area contributed by atoms with Gasteiger partial charge in [-0.05, 0) is 36.4 Å². The molecule has 0 N–H and O–H groups in total. The second kappa shape index (κ2) is 9.71. The normalized spacial score (nSPS) is 23.1. The molecule has 2 aliphatic rings. The smallest absolute Gasteiger partial charge is 0.416 e. The van der Waals surface area contributed by atoms with E-state index in [2.05, 4.69) is 0 Å². The van der Waals surface area contributed by atoms with Crippen LogP contribution in [0.2, 0.25) is 0 Å². The van der Waals surface area contributed by atoms with Crippen LogP contribution in [0, 0.1) is 20.2 Å². The van der Waals surface area contributed by atoms with Crippen LogP contribution < -0.4 is 0 Å². The molecule has 0 bridgehead atoms. The molecule has 4 rings (SSSR count). The quantitative estimate of drug-likeness (QED) is 0.217. The average molecular weight is 552 g/mol. The first kappa shape index (κ1) is 27.6. The minimum Gasteiger partial charge on any atom is -0.458 e. The number of halogens is 6. The molecule has 0 amide bonds. The molecule has 2 atom stereocenters. The second-order valence-electron chi connectivity index (χ2n) is 8.84. The van der Waals surface area contributed by atoms with Crippen molar-refractivity contribution >= 4 is 0 Å². The Hall–Kier alpha value is -4.42. The van der Waals surface area contributed by atoms with Crippen molar-refractivity contribution in [3.8, 4) is 0 Å². The summed E-state index contributed by atoms with van der Waals surface area (Å²) in [7, 11) is 0. The SMILES string of the molecule is O=[N+]([O-])C1(c2ccccc2C(F)(F)F)C=CC(OC2=CCC(c3ccccc3C(F)(F)F)([N+](=O)[O-])C=C2)=CC1. The summed E-state index contributed by atoms with van der Waals surface area (Å²) in [5.74, 6) is 0.0225. The van der Waals surface area contributed by atoms with Gasteiger partial charge in [-0.1, -0.05) is 36.4 Å². The number of rotatable bonds is 6. The lowest BCUT2D eigenvalue weighted by atomic mass is 9.81. The molecule has 0 spiro atoms. The summed E-state index contributed by atoms with van der Waals surface area (Å²) in [6, 6.07) is 8.31. The lowest BCUT2D eigenvalue weighted by Crippen LogP contribution is -2.37. The number of nitro groups is 2. The van der Waals surface area contributed by atoms with Gasteiger partial charge in [-0.25, -0.2) is 0 Å². The number of nitrogens with zero attached hydrogens (tertiary/aromatic N) is 2. The summed E-state index contributed by atoms with van der Waals surface area (Å²) in [6.45, 7) is 0. The number of hydrogen-bond donors (Lipinski definition) is 0. The molecule has 7 nitrogen and oxygen atoms in total. The zero-order valence-electron chi connectivity index (χ0n) is 19.7. The van der Waals surface area contributed by atoms with Crippen molar-refractivity contribution in [1.29, 1.82) is 0 Å². The van der Waals surface area contributed by atoms with Crippen molar-refractivity contribution in [2.45, 2.75) is 36.3 Å². The van der Waals surface area contributed by atoms with Crippen LogP contribution in [0.15, 0.2) is 96.5 Å². The fourth-order valence-electron chi connectivity index (χ4n) is 4.59. The minimum atomic E-state index is -4.83. The van der Waals surface area contributed by atoms with E-state index in [0.717, 1.165) is 60.7 Å². The van der Waals surface area contributed by atoms with Gasteiger partial charge in [-0.15, -0.1) is 0 Å². The average Bonchev–Trinajstić information content (AvgIpc) is 2.88. The van der Waals surface area contributed by atoms with Gasteiger partial charge in [0, 0.05) is 46.0 Å². The number of benzene rings is 2. The van der Waals surface area contributed by atoms with E-state index in [1.165, 1.54) is 24.3 Å². The first-order valence-electron chi connectivity index (χ1n) is 11.3. The molecular weight excluding hydrogens is 534 g/mol. The van der Waals surface area contributed by atoms with Gasteiger partial charge >= 0.3 is 12.4 Å². The van der Waals surface area contributed by atoms with Crippen LogP contribution in [0.3, 0.4) is 0 Å². The van der Waals surface area contributed by atoms with Gasteiger partial charge in [-0.2, -0.15) is 26.3 Å². The highest BCUT2D eigenvalue weighted by atomic mass is 19.4. The van der Waals surface area contributed by atoms with E-state index in [0.29, 0.717) is 0 Å². The summed E-state index contributed by atoms with van der Waals surface area (Å²) in [5, 5.41) is 23.9. The summed E-state index contributed by atoms with van der Waals surface area (Å²) < 4.78 is 86.9.